The monoisotopic (exact) mass is 794 g/mol. The first-order chi connectivity index (χ1) is 30.1. The van der Waals surface area contributed by atoms with Gasteiger partial charge in [0.2, 0.25) is 0 Å². The second kappa shape index (κ2) is 14.1. The molecular formula is C58H38N2S. The van der Waals surface area contributed by atoms with Gasteiger partial charge < -0.3 is 0 Å². The summed E-state index contributed by atoms with van der Waals surface area (Å²) in [7, 11) is 0. The molecule has 2 heterocycles. The minimum atomic E-state index is -0.295. The number of thiophene rings is 1. The molecule has 2 nitrogen and oxygen atoms in total. The Kier molecular flexibility index (Phi) is 8.19. The highest BCUT2D eigenvalue weighted by atomic mass is 32.1. The van der Waals surface area contributed by atoms with Gasteiger partial charge in [-0.05, 0) is 98.1 Å². The van der Waals surface area contributed by atoms with Gasteiger partial charge in [-0.3, -0.25) is 0 Å². The zero-order valence-corrected chi connectivity index (χ0v) is 34.3. The lowest BCUT2D eigenvalue weighted by Crippen LogP contribution is -2.22. The van der Waals surface area contributed by atoms with Gasteiger partial charge in [-0.2, -0.15) is 0 Å². The van der Waals surface area contributed by atoms with E-state index in [0.717, 1.165) is 28.1 Å². The molecular weight excluding hydrogens is 757 g/mol. The van der Waals surface area contributed by atoms with Gasteiger partial charge >= 0.3 is 0 Å². The zero-order valence-electron chi connectivity index (χ0n) is 33.5. The standard InChI is InChI=1S/C58H38N2S/c1-58(45-15-6-3-7-16-45)51-21-10-8-17-47(51)48-32-31-44(35-52(48)58)54-36-53(59-57(60-54)39-13-4-2-5-14-39)38-25-23-37(24-26-38)40-27-28-42-34-43(30-29-41(42)33-40)46-19-12-20-50-49-18-9-11-22-55(49)61-56(46)50/h2-36H,1H3. The number of aromatic nitrogens is 2. The Morgan fingerprint density at radius 1 is 0.377 bits per heavy atom. The van der Waals surface area contributed by atoms with Crippen LogP contribution in [0.25, 0.3) is 98.2 Å². The van der Waals surface area contributed by atoms with Gasteiger partial charge in [-0.1, -0.05) is 182 Å². The summed E-state index contributed by atoms with van der Waals surface area (Å²) in [6, 6.07) is 77.0. The predicted octanol–water partition coefficient (Wildman–Crippen LogP) is 15.7. The van der Waals surface area contributed by atoms with Crippen LogP contribution in [0.1, 0.15) is 23.6 Å². The van der Waals surface area contributed by atoms with Crippen LogP contribution in [-0.2, 0) is 5.41 Å². The van der Waals surface area contributed by atoms with Crippen molar-refractivity contribution in [1.29, 1.82) is 0 Å². The average Bonchev–Trinajstić information content (AvgIpc) is 3.85. The fraction of sp³-hybridized carbons (Fsp3) is 0.0345. The molecule has 0 saturated carbocycles. The second-order valence-electron chi connectivity index (χ2n) is 16.3. The van der Waals surface area contributed by atoms with Crippen molar-refractivity contribution >= 4 is 42.3 Å². The summed E-state index contributed by atoms with van der Waals surface area (Å²) in [5.41, 5.74) is 16.0. The summed E-state index contributed by atoms with van der Waals surface area (Å²) >= 11 is 1.88. The Bertz CT molecular complexity index is 3480. The molecule has 11 aromatic rings. The van der Waals surface area contributed by atoms with E-state index in [1.807, 2.05) is 29.5 Å². The van der Waals surface area contributed by atoms with Crippen LogP contribution >= 0.6 is 11.3 Å². The molecule has 2 aromatic heterocycles. The molecule has 0 spiro atoms. The minimum absolute atomic E-state index is 0.295. The summed E-state index contributed by atoms with van der Waals surface area (Å²) < 4.78 is 2.67. The highest BCUT2D eigenvalue weighted by Gasteiger charge is 2.40. The van der Waals surface area contributed by atoms with E-state index in [9.17, 15) is 0 Å². The fourth-order valence-corrected chi connectivity index (χ4v) is 10.8. The van der Waals surface area contributed by atoms with Crippen molar-refractivity contribution in [3.05, 3.63) is 229 Å². The maximum atomic E-state index is 5.23. The SMILES string of the molecule is CC1(c2ccccc2)c2ccccc2-c2ccc(-c3cc(-c4ccc(-c5ccc6cc(-c7cccc8c7sc7ccccc78)ccc6c5)cc4)nc(-c4ccccc4)n3)cc21. The van der Waals surface area contributed by atoms with Crippen LogP contribution in [-0.4, -0.2) is 9.97 Å². The van der Waals surface area contributed by atoms with Crippen molar-refractivity contribution in [1.82, 2.24) is 9.97 Å². The summed E-state index contributed by atoms with van der Waals surface area (Å²) in [5, 5.41) is 5.11. The predicted molar refractivity (Wildman–Crippen MR) is 257 cm³/mol. The number of rotatable bonds is 6. The van der Waals surface area contributed by atoms with Crippen LogP contribution < -0.4 is 0 Å². The number of benzene rings is 9. The Labute approximate surface area is 359 Å². The quantitative estimate of drug-likeness (QED) is 0.168. The highest BCUT2D eigenvalue weighted by molar-refractivity contribution is 7.26. The fourth-order valence-electron chi connectivity index (χ4n) is 9.59. The molecule has 12 rings (SSSR count). The van der Waals surface area contributed by atoms with Crippen LogP contribution in [0.2, 0.25) is 0 Å². The van der Waals surface area contributed by atoms with E-state index in [1.165, 1.54) is 81.0 Å². The van der Waals surface area contributed by atoms with E-state index >= 15 is 0 Å². The maximum absolute atomic E-state index is 5.23. The van der Waals surface area contributed by atoms with Crippen molar-refractivity contribution in [3.8, 4) is 67.3 Å². The van der Waals surface area contributed by atoms with Crippen molar-refractivity contribution in [2.24, 2.45) is 0 Å². The van der Waals surface area contributed by atoms with Gasteiger partial charge in [0, 0.05) is 42.3 Å². The lowest BCUT2D eigenvalue weighted by Gasteiger charge is -2.28. The van der Waals surface area contributed by atoms with Crippen LogP contribution in [0.5, 0.6) is 0 Å². The van der Waals surface area contributed by atoms with Gasteiger partial charge in [-0.25, -0.2) is 9.97 Å². The van der Waals surface area contributed by atoms with Crippen molar-refractivity contribution in [2.45, 2.75) is 12.3 Å². The van der Waals surface area contributed by atoms with E-state index < -0.39 is 0 Å². The van der Waals surface area contributed by atoms with Gasteiger partial charge in [-0.15, -0.1) is 11.3 Å². The first kappa shape index (κ1) is 35.5. The van der Waals surface area contributed by atoms with Crippen molar-refractivity contribution in [2.75, 3.05) is 0 Å². The maximum Gasteiger partial charge on any atom is 0.160 e. The minimum Gasteiger partial charge on any atom is -0.228 e. The summed E-state index contributed by atoms with van der Waals surface area (Å²) in [6.45, 7) is 2.36. The zero-order chi connectivity index (χ0) is 40.5. The largest absolute Gasteiger partial charge is 0.228 e. The Morgan fingerprint density at radius 2 is 0.967 bits per heavy atom. The molecule has 3 heteroatoms. The summed E-state index contributed by atoms with van der Waals surface area (Å²) in [5.74, 6) is 0.712. The van der Waals surface area contributed by atoms with E-state index in [0.29, 0.717) is 5.82 Å². The lowest BCUT2D eigenvalue weighted by atomic mass is 9.74. The first-order valence-electron chi connectivity index (χ1n) is 20.9. The van der Waals surface area contributed by atoms with Crippen LogP contribution in [0.3, 0.4) is 0 Å². The molecule has 1 unspecified atom stereocenters. The van der Waals surface area contributed by atoms with Gasteiger partial charge in [0.15, 0.2) is 5.82 Å². The second-order valence-corrected chi connectivity index (χ2v) is 17.3. The first-order valence-corrected chi connectivity index (χ1v) is 21.7. The molecule has 0 N–H and O–H groups in total. The topological polar surface area (TPSA) is 25.8 Å². The Balaban J connectivity index is 0.902. The van der Waals surface area contributed by atoms with Crippen molar-refractivity contribution in [3.63, 3.8) is 0 Å². The normalized spacial score (nSPS) is 14.4. The highest BCUT2D eigenvalue weighted by Crippen LogP contribution is 2.53. The molecule has 9 aromatic carbocycles. The van der Waals surface area contributed by atoms with Crippen molar-refractivity contribution < 1.29 is 0 Å². The molecule has 286 valence electrons. The van der Waals surface area contributed by atoms with Crippen LogP contribution in [0.4, 0.5) is 0 Å². The average molecular weight is 795 g/mol. The molecule has 0 bridgehead atoms. The Morgan fingerprint density at radius 3 is 1.79 bits per heavy atom. The van der Waals surface area contributed by atoms with Crippen LogP contribution in [0.15, 0.2) is 212 Å². The number of nitrogens with zero attached hydrogens (tertiary/aromatic N) is 2. The molecule has 0 fully saturated rings. The summed E-state index contributed by atoms with van der Waals surface area (Å²) in [6.07, 6.45) is 0. The molecule has 0 aliphatic heterocycles. The molecule has 1 aliphatic rings. The molecule has 0 saturated heterocycles. The number of fused-ring (bicyclic) bond motifs is 7. The Hall–Kier alpha value is -7.46. The molecule has 0 amide bonds. The molecule has 1 atom stereocenters. The summed E-state index contributed by atoms with van der Waals surface area (Å²) in [4.78, 5) is 10.4. The molecule has 61 heavy (non-hydrogen) atoms. The van der Waals surface area contributed by atoms with E-state index in [2.05, 4.69) is 201 Å². The van der Waals surface area contributed by atoms with E-state index in [1.54, 1.807) is 0 Å². The number of hydrogen-bond acceptors (Lipinski definition) is 3. The van der Waals surface area contributed by atoms with Crippen LogP contribution in [0, 0.1) is 0 Å². The van der Waals surface area contributed by atoms with E-state index in [-0.39, 0.29) is 5.41 Å². The third kappa shape index (κ3) is 5.84. The van der Waals surface area contributed by atoms with Gasteiger partial charge in [0.25, 0.3) is 0 Å². The van der Waals surface area contributed by atoms with Gasteiger partial charge in [0.1, 0.15) is 0 Å². The molecule has 1 aliphatic carbocycles. The van der Waals surface area contributed by atoms with E-state index in [4.69, 9.17) is 9.97 Å². The number of hydrogen-bond donors (Lipinski definition) is 0. The molecule has 0 radical (unpaired) electrons. The lowest BCUT2D eigenvalue weighted by molar-refractivity contribution is 0.714. The third-order valence-electron chi connectivity index (χ3n) is 12.8. The third-order valence-corrected chi connectivity index (χ3v) is 14.0. The van der Waals surface area contributed by atoms with Gasteiger partial charge in [0.05, 0.1) is 11.4 Å². The smallest absolute Gasteiger partial charge is 0.160 e.